The van der Waals surface area contributed by atoms with Gasteiger partial charge < -0.3 is 10.2 Å². The molecule has 0 unspecified atom stereocenters. The van der Waals surface area contributed by atoms with Crippen molar-refractivity contribution in [2.24, 2.45) is 0 Å². The van der Waals surface area contributed by atoms with Crippen molar-refractivity contribution in [3.05, 3.63) is 63.3 Å². The second-order valence-electron chi connectivity index (χ2n) is 5.16. The molecule has 5 nitrogen and oxygen atoms in total. The van der Waals surface area contributed by atoms with Crippen LogP contribution in [0.2, 0.25) is 5.02 Å². The van der Waals surface area contributed by atoms with Gasteiger partial charge in [0.15, 0.2) is 4.32 Å². The smallest absolute Gasteiger partial charge is 0.339 e. The Balaban J connectivity index is 2.02. The average Bonchev–Trinajstić information content (AvgIpc) is 2.85. The average molecular weight is 410 g/mol. The number of aromatic hydroxyl groups is 1. The molecule has 1 aliphatic rings. The van der Waals surface area contributed by atoms with Gasteiger partial charge in [-0.25, -0.2) is 9.18 Å². The number of carbonyl (C=O) groups excluding carboxylic acids is 1. The Morgan fingerprint density at radius 2 is 2.04 bits per heavy atom. The molecule has 9 heteroatoms. The normalized spacial score (nSPS) is 15.8. The van der Waals surface area contributed by atoms with Gasteiger partial charge in [0.1, 0.15) is 17.1 Å². The van der Waals surface area contributed by atoms with Crippen molar-refractivity contribution in [3.63, 3.8) is 0 Å². The molecule has 2 aromatic rings. The highest BCUT2D eigenvalue weighted by Gasteiger charge is 2.34. The maximum atomic E-state index is 13.9. The van der Waals surface area contributed by atoms with Gasteiger partial charge in [0.25, 0.3) is 5.91 Å². The van der Waals surface area contributed by atoms with Crippen molar-refractivity contribution in [2.75, 3.05) is 4.90 Å². The van der Waals surface area contributed by atoms with E-state index in [2.05, 4.69) is 0 Å². The molecule has 3 rings (SSSR count). The van der Waals surface area contributed by atoms with Gasteiger partial charge in [-0.3, -0.25) is 9.69 Å². The molecule has 0 saturated carbocycles. The predicted molar refractivity (Wildman–Crippen MR) is 102 cm³/mol. The number of amides is 1. The first-order valence-electron chi connectivity index (χ1n) is 7.08. The van der Waals surface area contributed by atoms with E-state index in [1.807, 2.05) is 0 Å². The highest BCUT2D eigenvalue weighted by molar-refractivity contribution is 8.27. The summed E-state index contributed by atoms with van der Waals surface area (Å²) in [5, 5.41) is 18.8. The number of benzene rings is 2. The number of nitrogens with zero attached hydrogens (tertiary/aromatic N) is 1. The molecule has 1 saturated heterocycles. The van der Waals surface area contributed by atoms with E-state index in [4.69, 9.17) is 28.9 Å². The van der Waals surface area contributed by atoms with E-state index in [0.29, 0.717) is 0 Å². The van der Waals surface area contributed by atoms with E-state index in [1.165, 1.54) is 30.3 Å². The minimum absolute atomic E-state index is 0.0617. The van der Waals surface area contributed by atoms with Crippen molar-refractivity contribution in [1.29, 1.82) is 0 Å². The maximum absolute atomic E-state index is 13.9. The second-order valence-corrected chi connectivity index (χ2v) is 7.24. The van der Waals surface area contributed by atoms with Crippen LogP contribution < -0.4 is 4.90 Å². The van der Waals surface area contributed by atoms with E-state index in [0.717, 1.165) is 28.8 Å². The van der Waals surface area contributed by atoms with Crippen molar-refractivity contribution in [3.8, 4) is 5.75 Å². The van der Waals surface area contributed by atoms with Crippen LogP contribution in [-0.2, 0) is 4.79 Å². The van der Waals surface area contributed by atoms with Gasteiger partial charge in [-0.05, 0) is 36.4 Å². The van der Waals surface area contributed by atoms with Crippen LogP contribution in [0.1, 0.15) is 15.9 Å². The van der Waals surface area contributed by atoms with Crippen molar-refractivity contribution in [2.45, 2.75) is 0 Å². The van der Waals surface area contributed by atoms with Gasteiger partial charge in [0.2, 0.25) is 0 Å². The number of carboxylic acids is 1. The van der Waals surface area contributed by atoms with Crippen LogP contribution in [0.25, 0.3) is 6.08 Å². The molecular formula is C17H9ClFNO4S2. The Hall–Kier alpha value is -2.42. The summed E-state index contributed by atoms with van der Waals surface area (Å²) in [5.74, 6) is -2.90. The van der Waals surface area contributed by atoms with Gasteiger partial charge in [0, 0.05) is 5.56 Å². The standard InChI is InChI=1S/C17H9ClFNO4S2/c18-11-2-1-3-12(19)9(11)7-14-15(22)20(17(25)26-14)8-4-5-13(21)10(6-8)16(23)24/h1-7,21H,(H,23,24)/b14-7-. The fraction of sp³-hybridized carbons (Fsp3) is 0. The first-order chi connectivity index (χ1) is 12.3. The highest BCUT2D eigenvalue weighted by atomic mass is 35.5. The van der Waals surface area contributed by atoms with Gasteiger partial charge >= 0.3 is 5.97 Å². The van der Waals surface area contributed by atoms with Crippen LogP contribution in [0.3, 0.4) is 0 Å². The maximum Gasteiger partial charge on any atom is 0.339 e. The fourth-order valence-electron chi connectivity index (χ4n) is 2.30. The first kappa shape index (κ1) is 18.4. The van der Waals surface area contributed by atoms with E-state index in [1.54, 1.807) is 0 Å². The van der Waals surface area contributed by atoms with E-state index in [9.17, 15) is 19.1 Å². The molecule has 26 heavy (non-hydrogen) atoms. The molecular weight excluding hydrogens is 401 g/mol. The van der Waals surface area contributed by atoms with Crippen LogP contribution in [-0.4, -0.2) is 26.4 Å². The number of thioether (sulfide) groups is 1. The number of anilines is 1. The van der Waals surface area contributed by atoms with Crippen LogP contribution in [0.15, 0.2) is 41.3 Å². The van der Waals surface area contributed by atoms with E-state index >= 15 is 0 Å². The molecule has 0 atom stereocenters. The fourth-order valence-corrected chi connectivity index (χ4v) is 3.80. The van der Waals surface area contributed by atoms with Crippen LogP contribution in [0, 0.1) is 5.82 Å². The predicted octanol–water partition coefficient (Wildman–Crippen LogP) is 4.29. The Morgan fingerprint density at radius 3 is 2.69 bits per heavy atom. The van der Waals surface area contributed by atoms with Gasteiger partial charge in [-0.2, -0.15) is 0 Å². The number of halogens is 2. The molecule has 1 heterocycles. The minimum Gasteiger partial charge on any atom is -0.507 e. The summed E-state index contributed by atoms with van der Waals surface area (Å²) in [5.41, 5.74) is -0.116. The third kappa shape index (κ3) is 3.31. The quantitative estimate of drug-likeness (QED) is 0.581. The molecule has 0 bridgehead atoms. The summed E-state index contributed by atoms with van der Waals surface area (Å²) in [6.45, 7) is 0. The Bertz CT molecular complexity index is 972. The van der Waals surface area contributed by atoms with Crippen LogP contribution >= 0.6 is 35.6 Å². The zero-order chi connectivity index (χ0) is 19.0. The zero-order valence-electron chi connectivity index (χ0n) is 12.8. The molecule has 1 aliphatic heterocycles. The summed E-state index contributed by atoms with van der Waals surface area (Å²) in [6.07, 6.45) is 1.30. The lowest BCUT2D eigenvalue weighted by Gasteiger charge is -2.15. The molecule has 2 aromatic carbocycles. The lowest BCUT2D eigenvalue weighted by atomic mass is 10.1. The van der Waals surface area contributed by atoms with Crippen molar-refractivity contribution < 1.29 is 24.2 Å². The number of hydrogen-bond acceptors (Lipinski definition) is 5. The molecule has 1 amide bonds. The SMILES string of the molecule is O=C(O)c1cc(N2C(=O)/C(=C/c3c(F)cccc3Cl)SC2=S)ccc1O. The van der Waals surface area contributed by atoms with Gasteiger partial charge in [-0.1, -0.05) is 41.6 Å². The Kier molecular flexibility index (Phi) is 4.99. The molecule has 0 aliphatic carbocycles. The van der Waals surface area contributed by atoms with Crippen molar-refractivity contribution in [1.82, 2.24) is 0 Å². The number of hydrogen-bond donors (Lipinski definition) is 2. The monoisotopic (exact) mass is 409 g/mol. The number of carbonyl (C=O) groups is 2. The molecule has 0 radical (unpaired) electrons. The summed E-state index contributed by atoms with van der Waals surface area (Å²) < 4.78 is 14.1. The Morgan fingerprint density at radius 1 is 1.31 bits per heavy atom. The largest absolute Gasteiger partial charge is 0.507 e. The van der Waals surface area contributed by atoms with E-state index in [-0.39, 0.29) is 31.1 Å². The number of phenols is 1. The zero-order valence-corrected chi connectivity index (χ0v) is 15.2. The third-order valence-electron chi connectivity index (χ3n) is 3.54. The van der Waals surface area contributed by atoms with Crippen LogP contribution in [0.5, 0.6) is 5.75 Å². The minimum atomic E-state index is -1.34. The summed E-state index contributed by atoms with van der Waals surface area (Å²) in [4.78, 5) is 25.1. The van der Waals surface area contributed by atoms with Crippen molar-refractivity contribution >= 4 is 63.5 Å². The van der Waals surface area contributed by atoms with E-state index < -0.39 is 23.4 Å². The summed E-state index contributed by atoms with van der Waals surface area (Å²) in [7, 11) is 0. The topological polar surface area (TPSA) is 77.8 Å². The molecule has 1 fully saturated rings. The van der Waals surface area contributed by atoms with Crippen LogP contribution in [0.4, 0.5) is 10.1 Å². The molecule has 2 N–H and O–H groups in total. The highest BCUT2D eigenvalue weighted by Crippen LogP contribution is 2.38. The number of carboxylic acid groups (broad SMARTS) is 1. The molecule has 0 aromatic heterocycles. The number of rotatable bonds is 3. The molecule has 132 valence electrons. The number of thiocarbonyl (C=S) groups is 1. The lowest BCUT2D eigenvalue weighted by Crippen LogP contribution is -2.27. The van der Waals surface area contributed by atoms with Gasteiger partial charge in [-0.15, -0.1) is 0 Å². The second kappa shape index (κ2) is 7.06. The van der Waals surface area contributed by atoms with Gasteiger partial charge in [0.05, 0.1) is 15.6 Å². The lowest BCUT2D eigenvalue weighted by molar-refractivity contribution is -0.113. The summed E-state index contributed by atoms with van der Waals surface area (Å²) >= 11 is 12.1. The molecule has 0 spiro atoms. The summed E-state index contributed by atoms with van der Waals surface area (Å²) in [6, 6.07) is 7.83. The first-order valence-corrected chi connectivity index (χ1v) is 8.68. The number of aromatic carboxylic acids is 1. The Labute approximate surface area is 161 Å². The third-order valence-corrected chi connectivity index (χ3v) is 5.17.